The van der Waals surface area contributed by atoms with Crippen LogP contribution in [0.3, 0.4) is 0 Å². The first-order valence-electron chi connectivity index (χ1n) is 4.02. The zero-order chi connectivity index (χ0) is 8.55. The van der Waals surface area contributed by atoms with Crippen molar-refractivity contribution in [2.24, 2.45) is 0 Å². The minimum absolute atomic E-state index is 0.157. The van der Waals surface area contributed by atoms with Crippen molar-refractivity contribution in [1.82, 2.24) is 10.3 Å². The Hall–Kier alpha value is -0.840. The molecule has 4 nitrogen and oxygen atoms in total. The maximum absolute atomic E-state index is 9.50. The molecule has 0 radical (unpaired) electrons. The van der Waals surface area contributed by atoms with E-state index in [4.69, 9.17) is 0 Å². The summed E-state index contributed by atoms with van der Waals surface area (Å²) in [5.41, 5.74) is 0.916. The van der Waals surface area contributed by atoms with E-state index in [2.05, 4.69) is 10.3 Å². The van der Waals surface area contributed by atoms with E-state index in [1.165, 1.54) is 0 Å². The fourth-order valence-electron chi connectivity index (χ4n) is 1.54. The van der Waals surface area contributed by atoms with E-state index in [0.717, 1.165) is 5.69 Å². The molecule has 0 unspecified atom stereocenters. The van der Waals surface area contributed by atoms with Gasteiger partial charge in [-0.2, -0.15) is 0 Å². The molecule has 3 atom stereocenters. The van der Waals surface area contributed by atoms with Crippen molar-refractivity contribution in [2.45, 2.75) is 18.2 Å². The summed E-state index contributed by atoms with van der Waals surface area (Å²) in [6, 6.07) is 3.60. The van der Waals surface area contributed by atoms with Gasteiger partial charge in [0.05, 0.1) is 12.1 Å². The van der Waals surface area contributed by atoms with Crippen molar-refractivity contribution < 1.29 is 10.2 Å². The van der Waals surface area contributed by atoms with Crippen LogP contribution in [-0.2, 0) is 0 Å². The summed E-state index contributed by atoms with van der Waals surface area (Å²) in [6.07, 6.45) is 0.441. The average Bonchev–Trinajstić information content (AvgIpc) is 2.64. The molecule has 2 rings (SSSR count). The average molecular weight is 168 g/mol. The predicted molar refractivity (Wildman–Crippen MR) is 43.6 cm³/mol. The number of aliphatic hydroxyl groups excluding tert-OH is 2. The van der Waals surface area contributed by atoms with Gasteiger partial charge in [-0.3, -0.25) is 0 Å². The lowest BCUT2D eigenvalue weighted by Gasteiger charge is -2.13. The van der Waals surface area contributed by atoms with Gasteiger partial charge in [0.15, 0.2) is 0 Å². The number of nitrogens with one attached hydrogen (secondary N) is 2. The molecule has 0 aromatic carbocycles. The van der Waals surface area contributed by atoms with Gasteiger partial charge in [-0.1, -0.05) is 0 Å². The van der Waals surface area contributed by atoms with Gasteiger partial charge < -0.3 is 20.5 Å². The number of rotatable bonds is 1. The van der Waals surface area contributed by atoms with Gasteiger partial charge in [0.1, 0.15) is 6.10 Å². The van der Waals surface area contributed by atoms with Crippen LogP contribution in [0.4, 0.5) is 0 Å². The molecule has 2 heterocycles. The Morgan fingerprint density at radius 3 is 2.75 bits per heavy atom. The highest BCUT2D eigenvalue weighted by Gasteiger charge is 2.34. The Bertz CT molecular complexity index is 248. The lowest BCUT2D eigenvalue weighted by molar-refractivity contribution is 0.0399. The minimum Gasteiger partial charge on any atom is -0.389 e. The van der Waals surface area contributed by atoms with Gasteiger partial charge in [-0.15, -0.1) is 0 Å². The second kappa shape index (κ2) is 2.90. The van der Waals surface area contributed by atoms with Crippen molar-refractivity contribution in [2.75, 3.05) is 6.54 Å². The van der Waals surface area contributed by atoms with Gasteiger partial charge in [0.25, 0.3) is 0 Å². The third kappa shape index (κ3) is 1.14. The number of aliphatic hydroxyl groups is 2. The number of aromatic nitrogens is 1. The molecule has 0 bridgehead atoms. The number of β-amino-alcohol motifs (C(OH)–C–C–N with tert-alkyl or cyclic N) is 1. The first-order chi connectivity index (χ1) is 5.79. The summed E-state index contributed by atoms with van der Waals surface area (Å²) < 4.78 is 0. The molecular weight excluding hydrogens is 156 g/mol. The van der Waals surface area contributed by atoms with Crippen LogP contribution < -0.4 is 5.32 Å². The third-order valence-electron chi connectivity index (χ3n) is 2.24. The van der Waals surface area contributed by atoms with Crippen LogP contribution in [0.25, 0.3) is 0 Å². The Labute approximate surface area is 70.2 Å². The fraction of sp³-hybridized carbons (Fsp3) is 0.500. The first-order valence-corrected chi connectivity index (χ1v) is 4.02. The van der Waals surface area contributed by atoms with E-state index in [0.29, 0.717) is 6.54 Å². The lowest BCUT2D eigenvalue weighted by atomic mass is 10.1. The topological polar surface area (TPSA) is 68.3 Å². The smallest absolute Gasteiger partial charge is 0.102 e. The van der Waals surface area contributed by atoms with Crippen LogP contribution in [0, 0.1) is 0 Å². The monoisotopic (exact) mass is 168 g/mol. The van der Waals surface area contributed by atoms with Gasteiger partial charge in [-0.05, 0) is 12.1 Å². The van der Waals surface area contributed by atoms with Crippen molar-refractivity contribution in [3.05, 3.63) is 24.0 Å². The summed E-state index contributed by atoms with van der Waals surface area (Å²) in [7, 11) is 0. The Balaban J connectivity index is 2.16. The van der Waals surface area contributed by atoms with E-state index in [9.17, 15) is 10.2 Å². The van der Waals surface area contributed by atoms with Crippen LogP contribution in [-0.4, -0.2) is 33.9 Å². The molecular formula is C8H12N2O2. The maximum Gasteiger partial charge on any atom is 0.102 e. The van der Waals surface area contributed by atoms with Crippen LogP contribution >= 0.6 is 0 Å². The van der Waals surface area contributed by atoms with Crippen molar-refractivity contribution >= 4 is 0 Å². The third-order valence-corrected chi connectivity index (χ3v) is 2.24. The summed E-state index contributed by atoms with van der Waals surface area (Å²) in [6.45, 7) is 0.449. The lowest BCUT2D eigenvalue weighted by Crippen LogP contribution is -2.25. The minimum atomic E-state index is -0.705. The molecule has 4 heteroatoms. The molecule has 1 aromatic rings. The number of H-pyrrole nitrogens is 1. The molecule has 12 heavy (non-hydrogen) atoms. The molecule has 0 amide bonds. The second-order valence-corrected chi connectivity index (χ2v) is 3.07. The van der Waals surface area contributed by atoms with E-state index < -0.39 is 12.2 Å². The van der Waals surface area contributed by atoms with Gasteiger partial charge in [-0.25, -0.2) is 0 Å². The van der Waals surface area contributed by atoms with E-state index in [1.807, 2.05) is 12.1 Å². The molecule has 1 aliphatic rings. The highest BCUT2D eigenvalue weighted by molar-refractivity contribution is 5.13. The first kappa shape index (κ1) is 7.79. The van der Waals surface area contributed by atoms with E-state index in [-0.39, 0.29) is 6.04 Å². The second-order valence-electron chi connectivity index (χ2n) is 3.07. The molecule has 1 saturated heterocycles. The van der Waals surface area contributed by atoms with Crippen LogP contribution in [0.15, 0.2) is 18.3 Å². The molecule has 0 spiro atoms. The van der Waals surface area contributed by atoms with E-state index in [1.54, 1.807) is 6.20 Å². The number of hydrogen-bond acceptors (Lipinski definition) is 3. The molecule has 66 valence electrons. The van der Waals surface area contributed by atoms with E-state index >= 15 is 0 Å². The molecule has 1 aromatic heterocycles. The molecule has 0 aliphatic carbocycles. The van der Waals surface area contributed by atoms with Gasteiger partial charge in [0.2, 0.25) is 0 Å². The normalized spacial score (nSPS) is 35.7. The largest absolute Gasteiger partial charge is 0.389 e. The molecule has 0 saturated carbocycles. The highest BCUT2D eigenvalue weighted by Crippen LogP contribution is 2.22. The zero-order valence-electron chi connectivity index (χ0n) is 6.57. The summed E-state index contributed by atoms with van der Waals surface area (Å²) in [5.74, 6) is 0. The highest BCUT2D eigenvalue weighted by atomic mass is 16.3. The van der Waals surface area contributed by atoms with Crippen LogP contribution in [0.2, 0.25) is 0 Å². The Morgan fingerprint density at radius 2 is 2.25 bits per heavy atom. The standard InChI is InChI=1S/C8H12N2O2/c11-6-4-10-7(8(6)12)5-2-1-3-9-5/h1-3,6-12H,4H2/t6-,7+,8+/m0/s1. The fourth-order valence-corrected chi connectivity index (χ4v) is 1.54. The zero-order valence-corrected chi connectivity index (χ0v) is 6.57. The number of aromatic amines is 1. The SMILES string of the molecule is O[C@H]1[C@@H](c2ccc[nH]2)NC[C@@H]1O. The molecule has 1 aliphatic heterocycles. The van der Waals surface area contributed by atoms with Crippen molar-refractivity contribution in [3.63, 3.8) is 0 Å². The van der Waals surface area contributed by atoms with Gasteiger partial charge >= 0.3 is 0 Å². The quantitative estimate of drug-likeness (QED) is 0.452. The van der Waals surface area contributed by atoms with Crippen molar-refractivity contribution in [1.29, 1.82) is 0 Å². The van der Waals surface area contributed by atoms with Crippen LogP contribution in [0.1, 0.15) is 11.7 Å². The Morgan fingerprint density at radius 1 is 1.42 bits per heavy atom. The van der Waals surface area contributed by atoms with Crippen LogP contribution in [0.5, 0.6) is 0 Å². The maximum atomic E-state index is 9.50. The van der Waals surface area contributed by atoms with Crippen molar-refractivity contribution in [3.8, 4) is 0 Å². The van der Waals surface area contributed by atoms with Gasteiger partial charge in [0, 0.05) is 18.4 Å². The summed E-state index contributed by atoms with van der Waals surface area (Å²) in [4.78, 5) is 3.00. The predicted octanol–water partition coefficient (Wildman–Crippen LogP) is -0.619. The summed E-state index contributed by atoms with van der Waals surface area (Å²) >= 11 is 0. The molecule has 1 fully saturated rings. The number of hydrogen-bond donors (Lipinski definition) is 4. The summed E-state index contributed by atoms with van der Waals surface area (Å²) in [5, 5.41) is 21.8. The Kier molecular flexibility index (Phi) is 1.88. The molecule has 4 N–H and O–H groups in total.